The zero-order valence-electron chi connectivity index (χ0n) is 13.9. The van der Waals surface area contributed by atoms with Gasteiger partial charge in [-0.1, -0.05) is 18.2 Å². The van der Waals surface area contributed by atoms with Gasteiger partial charge in [0.15, 0.2) is 0 Å². The minimum Gasteiger partial charge on any atom is -0.482 e. The van der Waals surface area contributed by atoms with Crippen LogP contribution in [0, 0.1) is 0 Å². The molecule has 0 fully saturated rings. The standard InChI is InChI=1S/C18H17F3N2O3/c1-23-10-16(12-3-5-13(6-4-12)18(19,20)21)26-15-7-2-11(8-14(15)23)9-22-17(24)25/h2-8,16,22H,9-10H2,1H3,(H,24,25). The Hall–Kier alpha value is -2.90. The summed E-state index contributed by atoms with van der Waals surface area (Å²) in [6.45, 7) is 0.646. The van der Waals surface area contributed by atoms with Gasteiger partial charge in [-0.15, -0.1) is 0 Å². The maximum atomic E-state index is 12.7. The molecule has 0 saturated heterocycles. The minimum atomic E-state index is -4.37. The lowest BCUT2D eigenvalue weighted by Crippen LogP contribution is -2.32. The van der Waals surface area contributed by atoms with Gasteiger partial charge in [-0.25, -0.2) is 4.79 Å². The molecule has 0 bridgehead atoms. The van der Waals surface area contributed by atoms with Crippen LogP contribution in [0.5, 0.6) is 5.75 Å². The molecular weight excluding hydrogens is 349 g/mol. The average Bonchev–Trinajstić information content (AvgIpc) is 2.59. The number of nitrogens with zero attached hydrogens (tertiary/aromatic N) is 1. The van der Waals surface area contributed by atoms with E-state index in [1.165, 1.54) is 12.1 Å². The summed E-state index contributed by atoms with van der Waals surface area (Å²) in [5.74, 6) is 0.600. The van der Waals surface area contributed by atoms with Gasteiger partial charge in [-0.05, 0) is 35.4 Å². The Kier molecular flexibility index (Phi) is 4.67. The quantitative estimate of drug-likeness (QED) is 0.861. The van der Waals surface area contributed by atoms with Gasteiger partial charge in [0.05, 0.1) is 17.8 Å². The summed E-state index contributed by atoms with van der Waals surface area (Å²) in [5.41, 5.74) is 1.56. The Morgan fingerprint density at radius 2 is 1.96 bits per heavy atom. The highest BCUT2D eigenvalue weighted by Gasteiger charge is 2.31. The normalized spacial score (nSPS) is 16.6. The van der Waals surface area contributed by atoms with E-state index in [0.717, 1.165) is 23.4 Å². The van der Waals surface area contributed by atoms with E-state index in [0.29, 0.717) is 17.9 Å². The summed E-state index contributed by atoms with van der Waals surface area (Å²) >= 11 is 0. The number of carbonyl (C=O) groups is 1. The summed E-state index contributed by atoms with van der Waals surface area (Å²) in [5, 5.41) is 11.0. The van der Waals surface area contributed by atoms with Crippen molar-refractivity contribution >= 4 is 11.8 Å². The molecule has 1 aliphatic heterocycles. The summed E-state index contributed by atoms with van der Waals surface area (Å²) in [6, 6.07) is 10.3. The van der Waals surface area contributed by atoms with Crippen molar-refractivity contribution in [1.82, 2.24) is 5.32 Å². The Balaban J connectivity index is 1.78. The van der Waals surface area contributed by atoms with Crippen LogP contribution in [0.15, 0.2) is 42.5 Å². The van der Waals surface area contributed by atoms with Gasteiger partial charge in [0, 0.05) is 13.6 Å². The van der Waals surface area contributed by atoms with Gasteiger partial charge in [0.1, 0.15) is 11.9 Å². The van der Waals surface area contributed by atoms with E-state index < -0.39 is 23.9 Å². The lowest BCUT2D eigenvalue weighted by Gasteiger charge is -2.34. The van der Waals surface area contributed by atoms with Crippen LogP contribution in [0.25, 0.3) is 0 Å². The predicted molar refractivity (Wildman–Crippen MR) is 89.4 cm³/mol. The predicted octanol–water partition coefficient (Wildman–Crippen LogP) is 4.04. The largest absolute Gasteiger partial charge is 0.482 e. The second-order valence-electron chi connectivity index (χ2n) is 6.07. The van der Waals surface area contributed by atoms with Gasteiger partial charge in [0.2, 0.25) is 0 Å². The summed E-state index contributed by atoms with van der Waals surface area (Å²) in [7, 11) is 1.85. The molecule has 26 heavy (non-hydrogen) atoms. The smallest absolute Gasteiger partial charge is 0.416 e. The first-order valence-electron chi connectivity index (χ1n) is 7.88. The van der Waals surface area contributed by atoms with E-state index in [2.05, 4.69) is 5.32 Å². The zero-order chi connectivity index (χ0) is 18.9. The van der Waals surface area contributed by atoms with E-state index in [4.69, 9.17) is 9.84 Å². The number of ether oxygens (including phenoxy) is 1. The van der Waals surface area contributed by atoms with Crippen LogP contribution in [0.4, 0.5) is 23.7 Å². The first-order valence-corrected chi connectivity index (χ1v) is 7.88. The number of likely N-dealkylation sites (N-methyl/N-ethyl adjacent to an activating group) is 1. The number of anilines is 1. The SMILES string of the molecule is CN1CC(c2ccc(C(F)(F)F)cc2)Oc2ccc(CNC(=O)O)cc21. The molecule has 1 amide bonds. The fraction of sp³-hybridized carbons (Fsp3) is 0.278. The van der Waals surface area contributed by atoms with Crippen molar-refractivity contribution in [1.29, 1.82) is 0 Å². The fourth-order valence-electron chi connectivity index (χ4n) is 2.85. The van der Waals surface area contributed by atoms with Gasteiger partial charge in [0.25, 0.3) is 0 Å². The summed E-state index contributed by atoms with van der Waals surface area (Å²) in [4.78, 5) is 12.5. The van der Waals surface area contributed by atoms with Crippen molar-refractivity contribution in [2.24, 2.45) is 0 Å². The van der Waals surface area contributed by atoms with E-state index in [-0.39, 0.29) is 6.54 Å². The van der Waals surface area contributed by atoms with Crippen molar-refractivity contribution in [2.75, 3.05) is 18.5 Å². The molecule has 2 aromatic rings. The highest BCUT2D eigenvalue weighted by Crippen LogP contribution is 2.38. The zero-order valence-corrected chi connectivity index (χ0v) is 13.9. The van der Waals surface area contributed by atoms with Crippen LogP contribution >= 0.6 is 0 Å². The molecule has 1 atom stereocenters. The van der Waals surface area contributed by atoms with Gasteiger partial charge >= 0.3 is 12.3 Å². The number of amides is 1. The van der Waals surface area contributed by atoms with E-state index >= 15 is 0 Å². The highest BCUT2D eigenvalue weighted by molar-refractivity contribution is 5.65. The number of rotatable bonds is 3. The molecule has 1 heterocycles. The highest BCUT2D eigenvalue weighted by atomic mass is 19.4. The number of nitrogens with one attached hydrogen (secondary N) is 1. The number of alkyl halides is 3. The Morgan fingerprint density at radius 3 is 2.58 bits per heavy atom. The fourth-order valence-corrected chi connectivity index (χ4v) is 2.85. The maximum Gasteiger partial charge on any atom is 0.416 e. The molecule has 1 unspecified atom stereocenters. The Morgan fingerprint density at radius 1 is 1.27 bits per heavy atom. The third-order valence-corrected chi connectivity index (χ3v) is 4.20. The number of hydrogen-bond donors (Lipinski definition) is 2. The Labute approximate surface area is 148 Å². The Bertz CT molecular complexity index is 806. The molecule has 2 N–H and O–H groups in total. The van der Waals surface area contributed by atoms with E-state index in [1.807, 2.05) is 18.0 Å². The molecule has 0 radical (unpaired) electrons. The number of carboxylic acid groups (broad SMARTS) is 1. The van der Waals surface area contributed by atoms with Crippen LogP contribution in [0.2, 0.25) is 0 Å². The molecule has 0 spiro atoms. The van der Waals surface area contributed by atoms with Gasteiger partial charge in [-0.2, -0.15) is 13.2 Å². The lowest BCUT2D eigenvalue weighted by molar-refractivity contribution is -0.137. The van der Waals surface area contributed by atoms with Crippen molar-refractivity contribution in [3.8, 4) is 5.75 Å². The van der Waals surface area contributed by atoms with E-state index in [1.54, 1.807) is 12.1 Å². The van der Waals surface area contributed by atoms with Crippen LogP contribution in [0.3, 0.4) is 0 Å². The minimum absolute atomic E-state index is 0.179. The van der Waals surface area contributed by atoms with Crippen molar-refractivity contribution in [3.63, 3.8) is 0 Å². The van der Waals surface area contributed by atoms with Crippen molar-refractivity contribution in [2.45, 2.75) is 18.8 Å². The molecule has 0 aromatic heterocycles. The molecule has 3 rings (SSSR count). The third-order valence-electron chi connectivity index (χ3n) is 4.20. The first-order chi connectivity index (χ1) is 12.2. The van der Waals surface area contributed by atoms with Crippen LogP contribution in [-0.4, -0.2) is 24.8 Å². The first kappa shape index (κ1) is 17.9. The van der Waals surface area contributed by atoms with Crippen molar-refractivity contribution < 1.29 is 27.8 Å². The van der Waals surface area contributed by atoms with Crippen molar-refractivity contribution in [3.05, 3.63) is 59.2 Å². The van der Waals surface area contributed by atoms with Crippen LogP contribution in [-0.2, 0) is 12.7 Å². The molecule has 5 nitrogen and oxygen atoms in total. The molecular formula is C18H17F3N2O3. The number of hydrogen-bond acceptors (Lipinski definition) is 3. The van der Waals surface area contributed by atoms with E-state index in [9.17, 15) is 18.0 Å². The average molecular weight is 366 g/mol. The molecule has 2 aromatic carbocycles. The molecule has 8 heteroatoms. The lowest BCUT2D eigenvalue weighted by atomic mass is 10.0. The van der Waals surface area contributed by atoms with Gasteiger partial charge in [-0.3, -0.25) is 0 Å². The molecule has 0 saturated carbocycles. The molecule has 138 valence electrons. The summed E-state index contributed by atoms with van der Waals surface area (Å²) in [6.07, 6.45) is -5.86. The number of halogens is 3. The number of fused-ring (bicyclic) bond motifs is 1. The van der Waals surface area contributed by atoms with Crippen LogP contribution < -0.4 is 15.0 Å². The second-order valence-corrected chi connectivity index (χ2v) is 6.07. The number of benzene rings is 2. The molecule has 0 aliphatic carbocycles. The van der Waals surface area contributed by atoms with Gasteiger partial charge < -0.3 is 20.1 Å². The third kappa shape index (κ3) is 3.84. The molecule has 1 aliphatic rings. The second kappa shape index (κ2) is 6.78. The maximum absolute atomic E-state index is 12.7. The summed E-state index contributed by atoms with van der Waals surface area (Å²) < 4.78 is 44.0. The monoisotopic (exact) mass is 366 g/mol. The van der Waals surface area contributed by atoms with Crippen LogP contribution in [0.1, 0.15) is 22.8 Å². The topological polar surface area (TPSA) is 61.8 Å².